The Morgan fingerprint density at radius 1 is 1.04 bits per heavy atom. The fourth-order valence-corrected chi connectivity index (χ4v) is 5.37. The molecule has 0 unspecified atom stereocenters. The van der Waals surface area contributed by atoms with E-state index in [1.807, 2.05) is 18.2 Å². The van der Waals surface area contributed by atoms with E-state index in [1.165, 1.54) is 5.57 Å². The van der Waals surface area contributed by atoms with Gasteiger partial charge in [-0.15, -0.1) is 6.58 Å². The van der Waals surface area contributed by atoms with Gasteiger partial charge in [-0.1, -0.05) is 61.8 Å². The molecule has 0 bridgehead atoms. The number of nitrogens with one attached hydrogen (secondary N) is 1. The summed E-state index contributed by atoms with van der Waals surface area (Å²) in [5, 5.41) is 12.3. The summed E-state index contributed by atoms with van der Waals surface area (Å²) in [4.78, 5) is 38.5. The zero-order valence-electron chi connectivity index (χ0n) is 29.1. The number of aryl methyl sites for hydroxylation is 1. The summed E-state index contributed by atoms with van der Waals surface area (Å²) < 4.78 is 17.2. The van der Waals surface area contributed by atoms with Crippen LogP contribution in [0.1, 0.15) is 122 Å². The molecule has 1 aliphatic carbocycles. The van der Waals surface area contributed by atoms with E-state index in [9.17, 15) is 19.5 Å². The third-order valence-corrected chi connectivity index (χ3v) is 8.19. The van der Waals surface area contributed by atoms with Gasteiger partial charge in [0.05, 0.1) is 12.0 Å². The molecule has 0 aromatic heterocycles. The van der Waals surface area contributed by atoms with Crippen LogP contribution >= 0.6 is 0 Å². The number of unbranched alkanes of at least 4 members (excludes halogenated alkanes) is 3. The topological polar surface area (TPSA) is 111 Å². The van der Waals surface area contributed by atoms with Gasteiger partial charge in [0, 0.05) is 24.5 Å². The van der Waals surface area contributed by atoms with Crippen LogP contribution in [-0.2, 0) is 20.7 Å². The van der Waals surface area contributed by atoms with Gasteiger partial charge in [-0.2, -0.15) is 0 Å². The average Bonchev–Trinajstić information content (AvgIpc) is 3.02. The van der Waals surface area contributed by atoms with Crippen LogP contribution in [-0.4, -0.2) is 42.9 Å². The molecular weight excluding hydrogens is 594 g/mol. The monoisotopic (exact) mass is 651 g/mol. The molecule has 0 aliphatic heterocycles. The van der Waals surface area contributed by atoms with Gasteiger partial charge in [-0.05, 0) is 103 Å². The molecule has 1 atom stereocenters. The normalized spacial score (nSPS) is 15.0. The van der Waals surface area contributed by atoms with E-state index in [0.717, 1.165) is 76.2 Å². The highest BCUT2D eigenvalue weighted by Gasteiger charge is 2.32. The second-order valence-electron chi connectivity index (χ2n) is 12.9. The number of ether oxygens (including phenoxy) is 3. The van der Waals surface area contributed by atoms with Crippen LogP contribution in [0.15, 0.2) is 60.7 Å². The first-order valence-corrected chi connectivity index (χ1v) is 17.3. The van der Waals surface area contributed by atoms with Crippen molar-refractivity contribution in [2.75, 3.05) is 19.8 Å². The third-order valence-electron chi connectivity index (χ3n) is 8.19. The molecule has 47 heavy (non-hydrogen) atoms. The molecule has 0 heterocycles. The summed E-state index contributed by atoms with van der Waals surface area (Å²) >= 11 is 0. The Morgan fingerprint density at radius 2 is 1.77 bits per heavy atom. The molecular formula is C39H57NO7. The van der Waals surface area contributed by atoms with Crippen molar-refractivity contribution in [1.29, 1.82) is 0 Å². The minimum Gasteiger partial charge on any atom is -0.432 e. The first kappa shape index (κ1) is 39.5. The van der Waals surface area contributed by atoms with Crippen molar-refractivity contribution in [3.05, 3.63) is 71.9 Å². The first-order chi connectivity index (χ1) is 22.6. The molecule has 0 saturated carbocycles. The highest BCUT2D eigenvalue weighted by atomic mass is 16.7. The van der Waals surface area contributed by atoms with Gasteiger partial charge in [0.1, 0.15) is 18.1 Å². The van der Waals surface area contributed by atoms with E-state index < -0.39 is 17.5 Å². The van der Waals surface area contributed by atoms with Crippen LogP contribution in [0.4, 0.5) is 4.79 Å². The lowest BCUT2D eigenvalue weighted by Crippen LogP contribution is -2.30. The summed E-state index contributed by atoms with van der Waals surface area (Å²) in [6.45, 7) is 11.4. The Labute approximate surface area is 282 Å². The van der Waals surface area contributed by atoms with Crippen molar-refractivity contribution in [2.45, 2.75) is 117 Å². The zero-order valence-corrected chi connectivity index (χ0v) is 29.1. The molecule has 0 saturated heterocycles. The summed E-state index contributed by atoms with van der Waals surface area (Å²) in [6, 6.07) is 3.74. The molecule has 0 fully saturated rings. The van der Waals surface area contributed by atoms with Gasteiger partial charge in [-0.3, -0.25) is 9.59 Å². The molecule has 2 rings (SSSR count). The standard InChI is InChI=1S/C39H57NO7/c1-6-8-10-11-12-13-14-15-17-22-35(42)40-24-26-45-38(44)47-34-29-31(20-16-9-7-2)28-33(46-37(43)39(4,5)23-25-41)36(34)32-21-18-19-30(3)27-32/h6,10-11,13-14,27-29,32,41H,1,7-9,12,15-26H2,2-5H3,(H,40,42)/b11-10-,14-13-/t32-/m0/s1. The fraction of sp³-hybridized carbons (Fsp3) is 0.564. The molecule has 1 amide bonds. The summed E-state index contributed by atoms with van der Waals surface area (Å²) in [7, 11) is 0. The molecule has 0 spiro atoms. The number of aliphatic hydroxyl groups excluding tert-OH is 1. The van der Waals surface area contributed by atoms with Crippen molar-refractivity contribution in [2.24, 2.45) is 5.41 Å². The maximum atomic E-state index is 13.3. The second kappa shape index (κ2) is 22.0. The van der Waals surface area contributed by atoms with E-state index >= 15 is 0 Å². The smallest absolute Gasteiger partial charge is 0.432 e. The first-order valence-electron chi connectivity index (χ1n) is 17.3. The fourth-order valence-electron chi connectivity index (χ4n) is 5.37. The van der Waals surface area contributed by atoms with Crippen molar-refractivity contribution in [3.63, 3.8) is 0 Å². The molecule has 2 N–H and O–H groups in total. The minimum atomic E-state index is -0.896. The quantitative estimate of drug-likeness (QED) is 0.0449. The van der Waals surface area contributed by atoms with Crippen molar-refractivity contribution < 1.29 is 33.7 Å². The van der Waals surface area contributed by atoms with Gasteiger partial charge in [-0.25, -0.2) is 4.79 Å². The summed E-state index contributed by atoms with van der Waals surface area (Å²) in [5.74, 6) is 0.0314. The molecule has 8 nitrogen and oxygen atoms in total. The van der Waals surface area contributed by atoms with Crippen molar-refractivity contribution >= 4 is 18.0 Å². The van der Waals surface area contributed by atoms with E-state index in [0.29, 0.717) is 23.5 Å². The number of amides is 1. The number of allylic oxidation sites excluding steroid dienone is 7. The maximum absolute atomic E-state index is 13.3. The number of carbonyl (C=O) groups is 3. The SMILES string of the molecule is C=CC/C=C\C/C=C\CCCC(=O)NCCOC(=O)Oc1cc(CCCCC)cc(OC(=O)C(C)(C)CCO)c1[C@@H]1C=C(C)CCC1. The Kier molecular flexibility index (Phi) is 18.5. The minimum absolute atomic E-state index is 0.0350. The maximum Gasteiger partial charge on any atom is 0.513 e. The summed E-state index contributed by atoms with van der Waals surface area (Å²) in [5.41, 5.74) is 1.87. The van der Waals surface area contributed by atoms with Gasteiger partial charge in [0.25, 0.3) is 0 Å². The largest absolute Gasteiger partial charge is 0.513 e. The molecule has 1 aromatic rings. The lowest BCUT2D eigenvalue weighted by molar-refractivity contribution is -0.144. The number of benzene rings is 1. The van der Waals surface area contributed by atoms with E-state index in [4.69, 9.17) is 14.2 Å². The lowest BCUT2D eigenvalue weighted by Gasteiger charge is -2.27. The Hall–Kier alpha value is -3.65. The molecule has 1 aromatic carbocycles. The van der Waals surface area contributed by atoms with Crippen LogP contribution in [0.3, 0.4) is 0 Å². The number of esters is 1. The lowest BCUT2D eigenvalue weighted by atomic mass is 9.84. The molecule has 8 heteroatoms. The molecule has 1 aliphatic rings. The highest BCUT2D eigenvalue weighted by Crippen LogP contribution is 2.43. The van der Waals surface area contributed by atoms with Gasteiger partial charge >= 0.3 is 12.1 Å². The number of hydrogen-bond acceptors (Lipinski definition) is 7. The van der Waals surface area contributed by atoms with Crippen LogP contribution in [0.5, 0.6) is 11.5 Å². The van der Waals surface area contributed by atoms with Crippen molar-refractivity contribution in [1.82, 2.24) is 5.32 Å². The number of aliphatic hydroxyl groups is 1. The third kappa shape index (κ3) is 15.2. The van der Waals surface area contributed by atoms with Crippen molar-refractivity contribution in [3.8, 4) is 11.5 Å². The summed E-state index contributed by atoms with van der Waals surface area (Å²) in [6.07, 6.45) is 21.9. The number of hydrogen-bond donors (Lipinski definition) is 2. The van der Waals surface area contributed by atoms with E-state index in [2.05, 4.69) is 56.1 Å². The molecule has 260 valence electrons. The average molecular weight is 652 g/mol. The Morgan fingerprint density at radius 3 is 2.47 bits per heavy atom. The Balaban J connectivity index is 2.10. The van der Waals surface area contributed by atoms with Gasteiger partial charge in [0.15, 0.2) is 0 Å². The van der Waals surface area contributed by atoms with E-state index in [1.54, 1.807) is 13.8 Å². The van der Waals surface area contributed by atoms with Gasteiger partial charge in [0.2, 0.25) is 5.91 Å². The van der Waals surface area contributed by atoms with Crippen LogP contribution in [0, 0.1) is 5.41 Å². The highest BCUT2D eigenvalue weighted by molar-refractivity contribution is 5.79. The number of rotatable bonds is 21. The molecule has 0 radical (unpaired) electrons. The predicted molar refractivity (Wildman–Crippen MR) is 188 cm³/mol. The number of carbonyl (C=O) groups excluding carboxylic acids is 3. The van der Waals surface area contributed by atoms with E-state index in [-0.39, 0.29) is 38.0 Å². The second-order valence-corrected chi connectivity index (χ2v) is 12.9. The zero-order chi connectivity index (χ0) is 34.5. The predicted octanol–water partition coefficient (Wildman–Crippen LogP) is 8.83. The Bertz CT molecular complexity index is 1240. The van der Waals surface area contributed by atoms with Crippen LogP contribution in [0.2, 0.25) is 0 Å². The van der Waals surface area contributed by atoms with Crippen LogP contribution in [0.25, 0.3) is 0 Å². The van der Waals surface area contributed by atoms with Crippen LogP contribution < -0.4 is 14.8 Å². The van der Waals surface area contributed by atoms with Gasteiger partial charge < -0.3 is 24.6 Å².